The third-order valence-electron chi connectivity index (χ3n) is 2.73. The van der Waals surface area contributed by atoms with Crippen LogP contribution in [-0.4, -0.2) is 60.9 Å². The molecule has 0 saturated carbocycles. The summed E-state index contributed by atoms with van der Waals surface area (Å²) in [6.07, 6.45) is 1.02. The second-order valence-electron chi connectivity index (χ2n) is 4.19. The van der Waals surface area contributed by atoms with Crippen molar-refractivity contribution in [3.8, 4) is 0 Å². The molecule has 0 bridgehead atoms. The lowest BCUT2D eigenvalue weighted by atomic mass is 10.2. The van der Waals surface area contributed by atoms with Crippen molar-refractivity contribution in [2.75, 3.05) is 32.7 Å². The Morgan fingerprint density at radius 3 is 2.29 bits per heavy atom. The fraction of sp³-hybridized carbons (Fsp3) is 0.900. The molecule has 1 saturated heterocycles. The molecule has 0 radical (unpaired) electrons. The first kappa shape index (κ1) is 11.6. The molecule has 2 N–H and O–H groups in total. The number of rotatable bonds is 4. The van der Waals surface area contributed by atoms with Gasteiger partial charge in [-0.3, -0.25) is 9.80 Å². The summed E-state index contributed by atoms with van der Waals surface area (Å²) >= 11 is 0. The van der Waals surface area contributed by atoms with Gasteiger partial charge in [0.2, 0.25) is 0 Å². The minimum Gasteiger partial charge on any atom is -0.327 e. The minimum atomic E-state index is 0.0625. The summed E-state index contributed by atoms with van der Waals surface area (Å²) in [6, 6.07) is 0.303. The molecule has 4 heteroatoms. The Bertz CT molecular complexity index is 176. The Balaban J connectivity index is 2.27. The van der Waals surface area contributed by atoms with Crippen molar-refractivity contribution >= 4 is 6.29 Å². The van der Waals surface area contributed by atoms with E-state index in [1.54, 1.807) is 0 Å². The number of nitrogens with two attached hydrogens (primary N) is 1. The zero-order chi connectivity index (χ0) is 10.6. The van der Waals surface area contributed by atoms with Crippen LogP contribution < -0.4 is 5.73 Å². The van der Waals surface area contributed by atoms with Crippen molar-refractivity contribution in [2.24, 2.45) is 5.73 Å². The molecule has 4 nitrogen and oxygen atoms in total. The van der Waals surface area contributed by atoms with Crippen molar-refractivity contribution in [3.63, 3.8) is 0 Å². The zero-order valence-electron chi connectivity index (χ0n) is 9.15. The molecule has 0 spiro atoms. The molecule has 0 aromatic heterocycles. The van der Waals surface area contributed by atoms with Gasteiger partial charge in [0.1, 0.15) is 6.29 Å². The fourth-order valence-corrected chi connectivity index (χ4v) is 1.85. The Kier molecular flexibility index (Phi) is 4.51. The van der Waals surface area contributed by atoms with Gasteiger partial charge in [-0.15, -0.1) is 0 Å². The molecule has 0 aromatic rings. The van der Waals surface area contributed by atoms with E-state index in [-0.39, 0.29) is 12.1 Å². The Hall–Kier alpha value is -0.450. The Labute approximate surface area is 86.0 Å². The van der Waals surface area contributed by atoms with Crippen LogP contribution in [-0.2, 0) is 4.79 Å². The first-order chi connectivity index (χ1) is 6.63. The topological polar surface area (TPSA) is 49.6 Å². The van der Waals surface area contributed by atoms with Crippen LogP contribution in [0, 0.1) is 0 Å². The van der Waals surface area contributed by atoms with Gasteiger partial charge in [0.25, 0.3) is 0 Å². The lowest BCUT2D eigenvalue weighted by molar-refractivity contribution is -0.112. The highest BCUT2D eigenvalue weighted by Crippen LogP contribution is 2.04. The third-order valence-corrected chi connectivity index (χ3v) is 2.73. The molecule has 1 aliphatic rings. The van der Waals surface area contributed by atoms with Gasteiger partial charge in [-0.25, -0.2) is 0 Å². The number of aldehydes is 1. The molecule has 1 rings (SSSR count). The smallest absolute Gasteiger partial charge is 0.136 e. The van der Waals surface area contributed by atoms with E-state index in [0.717, 1.165) is 39.0 Å². The molecule has 82 valence electrons. The monoisotopic (exact) mass is 199 g/mol. The number of carbonyl (C=O) groups excluding carboxylic acids is 1. The van der Waals surface area contributed by atoms with Gasteiger partial charge in [0.05, 0.1) is 6.04 Å². The number of nitrogens with zero attached hydrogens (tertiary/aromatic N) is 2. The van der Waals surface area contributed by atoms with Gasteiger partial charge in [-0.05, 0) is 13.8 Å². The van der Waals surface area contributed by atoms with Crippen molar-refractivity contribution in [3.05, 3.63) is 0 Å². The number of hydrogen-bond donors (Lipinski definition) is 1. The standard InChI is InChI=1S/C10H21N3O/c1-9(11)7-12-3-5-13(6-4-12)10(2)8-14/h8-10H,3-7,11H2,1-2H3. The molecule has 1 fully saturated rings. The summed E-state index contributed by atoms with van der Waals surface area (Å²) in [7, 11) is 0. The van der Waals surface area contributed by atoms with E-state index < -0.39 is 0 Å². The van der Waals surface area contributed by atoms with Gasteiger partial charge < -0.3 is 10.5 Å². The van der Waals surface area contributed by atoms with Gasteiger partial charge in [-0.2, -0.15) is 0 Å². The van der Waals surface area contributed by atoms with Crippen LogP contribution in [0.3, 0.4) is 0 Å². The Morgan fingerprint density at radius 2 is 1.86 bits per heavy atom. The van der Waals surface area contributed by atoms with E-state index >= 15 is 0 Å². The SMILES string of the molecule is CC(N)CN1CCN(C(C)C=O)CC1. The number of piperazine rings is 1. The van der Waals surface area contributed by atoms with Gasteiger partial charge in [0, 0.05) is 38.8 Å². The van der Waals surface area contributed by atoms with Crippen molar-refractivity contribution in [1.29, 1.82) is 0 Å². The predicted molar refractivity (Wildman–Crippen MR) is 57.2 cm³/mol. The second-order valence-corrected chi connectivity index (χ2v) is 4.19. The van der Waals surface area contributed by atoms with Gasteiger partial charge in [-0.1, -0.05) is 0 Å². The number of hydrogen-bond acceptors (Lipinski definition) is 4. The maximum atomic E-state index is 10.6. The van der Waals surface area contributed by atoms with E-state index in [1.807, 2.05) is 13.8 Å². The first-order valence-corrected chi connectivity index (χ1v) is 5.30. The molecule has 0 aromatic carbocycles. The van der Waals surface area contributed by atoms with Crippen molar-refractivity contribution in [2.45, 2.75) is 25.9 Å². The quantitative estimate of drug-likeness (QED) is 0.622. The summed E-state index contributed by atoms with van der Waals surface area (Å²) in [5.74, 6) is 0. The van der Waals surface area contributed by atoms with Crippen LogP contribution >= 0.6 is 0 Å². The van der Waals surface area contributed by atoms with Crippen LogP contribution in [0.4, 0.5) is 0 Å². The van der Waals surface area contributed by atoms with E-state index in [9.17, 15) is 4.79 Å². The fourth-order valence-electron chi connectivity index (χ4n) is 1.85. The summed E-state index contributed by atoms with van der Waals surface area (Å²) in [5.41, 5.74) is 5.73. The second kappa shape index (κ2) is 5.44. The summed E-state index contributed by atoms with van der Waals surface area (Å²) in [4.78, 5) is 15.2. The molecular weight excluding hydrogens is 178 g/mol. The van der Waals surface area contributed by atoms with Crippen molar-refractivity contribution in [1.82, 2.24) is 9.80 Å². The van der Waals surface area contributed by atoms with Gasteiger partial charge in [0.15, 0.2) is 0 Å². The van der Waals surface area contributed by atoms with Crippen LogP contribution in [0.2, 0.25) is 0 Å². The highest BCUT2D eigenvalue weighted by molar-refractivity contribution is 5.56. The normalized spacial score (nSPS) is 24.5. The zero-order valence-corrected chi connectivity index (χ0v) is 9.15. The molecule has 2 atom stereocenters. The summed E-state index contributed by atoms with van der Waals surface area (Å²) in [5, 5.41) is 0. The van der Waals surface area contributed by atoms with Crippen molar-refractivity contribution < 1.29 is 4.79 Å². The minimum absolute atomic E-state index is 0.0625. The molecule has 0 aliphatic carbocycles. The lowest BCUT2D eigenvalue weighted by Crippen LogP contribution is -2.52. The summed E-state index contributed by atoms with van der Waals surface area (Å²) in [6.45, 7) is 8.96. The molecule has 1 heterocycles. The molecule has 1 aliphatic heterocycles. The Morgan fingerprint density at radius 1 is 1.29 bits per heavy atom. The molecule has 2 unspecified atom stereocenters. The lowest BCUT2D eigenvalue weighted by Gasteiger charge is -2.36. The van der Waals surface area contributed by atoms with Crippen LogP contribution in [0.25, 0.3) is 0 Å². The summed E-state index contributed by atoms with van der Waals surface area (Å²) < 4.78 is 0. The largest absolute Gasteiger partial charge is 0.327 e. The van der Waals surface area contributed by atoms with Crippen LogP contribution in [0.15, 0.2) is 0 Å². The average Bonchev–Trinajstić information content (AvgIpc) is 2.17. The highest BCUT2D eigenvalue weighted by Gasteiger charge is 2.20. The maximum absolute atomic E-state index is 10.6. The van der Waals surface area contributed by atoms with E-state index in [2.05, 4.69) is 9.80 Å². The van der Waals surface area contributed by atoms with E-state index in [1.165, 1.54) is 0 Å². The maximum Gasteiger partial charge on any atom is 0.136 e. The van der Waals surface area contributed by atoms with E-state index in [0.29, 0.717) is 0 Å². The molecular formula is C10H21N3O. The highest BCUT2D eigenvalue weighted by atomic mass is 16.1. The van der Waals surface area contributed by atoms with E-state index in [4.69, 9.17) is 5.73 Å². The van der Waals surface area contributed by atoms with Crippen LogP contribution in [0.5, 0.6) is 0 Å². The molecule has 0 amide bonds. The van der Waals surface area contributed by atoms with Gasteiger partial charge >= 0.3 is 0 Å². The predicted octanol–water partition coefficient (Wildman–Crippen LogP) is -0.461. The number of carbonyl (C=O) groups is 1. The molecule has 14 heavy (non-hydrogen) atoms. The first-order valence-electron chi connectivity index (χ1n) is 5.30. The third kappa shape index (κ3) is 3.36. The average molecular weight is 199 g/mol. The van der Waals surface area contributed by atoms with Crippen LogP contribution in [0.1, 0.15) is 13.8 Å².